The fraction of sp³-hybridized carbons (Fsp3) is 0.500. The van der Waals surface area contributed by atoms with Gasteiger partial charge in [0, 0.05) is 99.1 Å². The van der Waals surface area contributed by atoms with Gasteiger partial charge in [-0.2, -0.15) is 0 Å². The first-order valence-corrected chi connectivity index (χ1v) is 40.2. The van der Waals surface area contributed by atoms with E-state index in [0.29, 0.717) is 50.0 Å². The number of nitrogen functional groups attached to an aromatic ring is 1. The van der Waals surface area contributed by atoms with Crippen LogP contribution in [-0.2, 0) is 52.6 Å². The van der Waals surface area contributed by atoms with Crippen LogP contribution in [0, 0.1) is 26.1 Å². The van der Waals surface area contributed by atoms with Gasteiger partial charge in [-0.25, -0.2) is 4.79 Å². The van der Waals surface area contributed by atoms with Crippen LogP contribution in [0.2, 0.25) is 0 Å². The quantitative estimate of drug-likeness (QED) is 0.00990. The molecule has 3 aromatic heterocycles. The number of nitro groups is 2. The normalized spacial score (nSPS) is 9.73. The first-order valence-electron chi connectivity index (χ1n) is 32.6. The Kier molecular flexibility index (Phi) is 71.0. The maximum absolute atomic E-state index is 12.4. The van der Waals surface area contributed by atoms with Crippen molar-refractivity contribution < 1.29 is 117 Å². The first kappa shape index (κ1) is 120. The Balaban J connectivity index is -0.000000189. The molecule has 0 saturated carbocycles. The van der Waals surface area contributed by atoms with Gasteiger partial charge in [0.2, 0.25) is 23.6 Å². The van der Waals surface area contributed by atoms with Crippen LogP contribution in [0.5, 0.6) is 0 Å². The topological polar surface area (TPSA) is 497 Å². The third kappa shape index (κ3) is 57.1. The number of nitrogens with zero attached hydrogens (tertiary/aromatic N) is 13. The van der Waals surface area contributed by atoms with E-state index in [1.165, 1.54) is 60.0 Å². The van der Waals surface area contributed by atoms with Gasteiger partial charge in [-0.1, -0.05) is 34.8 Å². The molecule has 113 heavy (non-hydrogen) atoms. The summed E-state index contributed by atoms with van der Waals surface area (Å²) >= 11 is 4.04. The van der Waals surface area contributed by atoms with Crippen LogP contribution < -0.4 is 29.9 Å². The molecule has 6 aromatic rings. The van der Waals surface area contributed by atoms with E-state index < -0.39 is 46.1 Å². The largest absolute Gasteiger partial charge is 1.00 e. The van der Waals surface area contributed by atoms with Gasteiger partial charge in [-0.15, -0.1) is 0 Å². The number of halogens is 3. The molecule has 6 rings (SSSR count). The van der Waals surface area contributed by atoms with E-state index in [1.807, 2.05) is 46.1 Å². The molecule has 0 atom stereocenters. The number of carbonyl (C=O) groups is 11. The number of fused-ring (bicyclic) bond motifs is 3. The van der Waals surface area contributed by atoms with E-state index in [0.717, 1.165) is 27.2 Å². The van der Waals surface area contributed by atoms with E-state index in [2.05, 4.69) is 19.8 Å². The van der Waals surface area contributed by atoms with Crippen LogP contribution in [-0.4, -0.2) is 364 Å². The summed E-state index contributed by atoms with van der Waals surface area (Å²) in [6.45, 7) is 9.76. The molecule has 0 spiro atoms. The molecule has 43 heteroatoms. The van der Waals surface area contributed by atoms with Gasteiger partial charge >= 0.3 is 84.9 Å². The second-order valence-corrected chi connectivity index (χ2v) is 29.2. The summed E-state index contributed by atoms with van der Waals surface area (Å²) in [6, 6.07) is 20.0. The molecule has 0 saturated heterocycles. The minimum absolute atomic E-state index is 0. The van der Waals surface area contributed by atoms with Crippen LogP contribution in [0.3, 0.4) is 0 Å². The Morgan fingerprint density at radius 1 is 0.531 bits per heavy atom. The van der Waals surface area contributed by atoms with Crippen molar-refractivity contribution in [3.05, 3.63) is 112 Å². The molecule has 2 radical (unpaired) electrons. The number of carboxylic acid groups (broad SMARTS) is 2. The van der Waals surface area contributed by atoms with E-state index in [1.54, 1.807) is 172 Å². The number of nitro benzene ring substituents is 2. The number of aromatic nitrogens is 3. The van der Waals surface area contributed by atoms with Crippen LogP contribution in [0.15, 0.2) is 91.4 Å². The van der Waals surface area contributed by atoms with Crippen molar-refractivity contribution in [2.24, 2.45) is 5.92 Å². The monoisotopic (exact) mass is 1760 g/mol. The smallest absolute Gasteiger partial charge is 0.870 e. The average molecular weight is 1770 g/mol. The van der Waals surface area contributed by atoms with E-state index in [-0.39, 0.29) is 156 Å². The van der Waals surface area contributed by atoms with Gasteiger partial charge in [0.1, 0.15) is 26.2 Å². The summed E-state index contributed by atoms with van der Waals surface area (Å²) in [6.07, 6.45) is 5.02. The predicted octanol–water partition coefficient (Wildman–Crippen LogP) is 2.52. The number of aliphatic carboxylic acids is 2. The molecule has 0 aliphatic rings. The molecule has 0 fully saturated rings. The Hall–Kier alpha value is -8.60. The number of hydrogen-bond acceptors (Lipinski definition) is 26. The number of benzene rings is 3. The zero-order valence-corrected chi connectivity index (χ0v) is 71.8. The second kappa shape index (κ2) is 66.8. The second-order valence-electron chi connectivity index (χ2n) is 24.6. The Labute approximate surface area is 695 Å². The van der Waals surface area contributed by atoms with E-state index >= 15 is 0 Å². The predicted molar refractivity (Wildman–Crippen MR) is 435 cm³/mol. The average Bonchev–Trinajstić information content (AvgIpc) is 1.68. The Morgan fingerprint density at radius 2 is 0.876 bits per heavy atom. The summed E-state index contributed by atoms with van der Waals surface area (Å²) in [5.41, 5.74) is 7.69. The number of carbonyl (C=O) groups excluding carboxylic acids is 9. The maximum atomic E-state index is 12.4. The molecule has 634 valence electrons. The van der Waals surface area contributed by atoms with Crippen molar-refractivity contribution in [2.45, 2.75) is 42.5 Å². The van der Waals surface area contributed by atoms with Gasteiger partial charge in [-0.05, 0) is 145 Å². The number of aromatic amines is 1. The Bertz CT molecular complexity index is 3800. The van der Waals surface area contributed by atoms with Crippen LogP contribution >= 0.6 is 29.4 Å². The minimum Gasteiger partial charge on any atom is -0.870 e. The Morgan fingerprint density at radius 3 is 1.20 bits per heavy atom. The number of nitrogens with one attached hydrogen (secondary N) is 2. The van der Waals surface area contributed by atoms with Crippen molar-refractivity contribution in [1.29, 1.82) is 0 Å². The first-order chi connectivity index (χ1) is 50.3. The molecule has 9 N–H and O–H groups in total. The summed E-state index contributed by atoms with van der Waals surface area (Å²) in [5, 5.41) is 43.0. The summed E-state index contributed by atoms with van der Waals surface area (Å²) in [4.78, 5) is 159. The fourth-order valence-electron chi connectivity index (χ4n) is 7.90. The summed E-state index contributed by atoms with van der Waals surface area (Å²) < 4.78 is 16.6. The molecular weight excluding hydrogens is 1650 g/mol. The number of non-ortho nitro benzene ring substituents is 2. The van der Waals surface area contributed by atoms with Crippen molar-refractivity contribution >= 4 is 163 Å². The maximum Gasteiger partial charge on any atom is 1.00 e. The van der Waals surface area contributed by atoms with Crippen LogP contribution in [0.4, 0.5) is 21.9 Å². The van der Waals surface area contributed by atoms with Crippen LogP contribution in [0.25, 0.3) is 32.7 Å². The number of rotatable bonds is 26. The molecule has 0 aliphatic heterocycles. The van der Waals surface area contributed by atoms with Gasteiger partial charge in [0.05, 0.1) is 85.5 Å². The number of H-pyrrole nitrogens is 1. The van der Waals surface area contributed by atoms with Crippen LogP contribution in [0.1, 0.15) is 52.1 Å². The standard InChI is InChI=1S/C15H18N4O4.C15H20N4O2.C9H18N2O3.C8H6N2O2.C7H14N2O3.C5H9ClO2.C5H11NO2.C4H9NO2.2CH4.2ClH.Li.2H2O.Sn/c1-16(2)9-14(20)17(3)10-15(21)18-7-6-11-4-5-12(19(22)23)8-13(11)18;1-17(2)9-14(20)18(3)10-15(21)19-7-6-11-4-5-12(16)8-13(11)19;1-5-14-9(13)7-11(4)8(12)6-10(2)3;11-10(12)7-2-1-6-3-4-9-8(6)5-7;1-8(2)4-6(10)9(3)5-7(11)12;1-4(2)3-8-5(6)7;1-3-8-5(7)4-6-2;1-5(2)3-4(6)7;;;;;;;;/h4-8H,9-10H2,1-3H3;4-8H,9-10,16H2,1-3H3;5-7H2,1-4H3;1-5,9H;4-5H2,1-3H3,(H,11,12);4H,3H2,1-2H3;6H,3-4H2,1-2H3;3H2,1-2H3,(H,6,7);2*1H4;2*1H;;2*1H2;/q;;;;;;;;;;;;+1;;;+2/p-3. The van der Waals surface area contributed by atoms with E-state index in [4.69, 9.17) is 50.1 Å². The number of anilines is 1. The molecule has 3 heterocycles. The molecule has 38 nitrogen and oxygen atoms in total. The third-order valence-corrected chi connectivity index (χ3v) is 12.9. The third-order valence-electron chi connectivity index (χ3n) is 12.8. The molecule has 0 bridgehead atoms. The van der Waals surface area contributed by atoms with Crippen molar-refractivity contribution in [3.63, 3.8) is 0 Å². The number of esters is 2. The van der Waals surface area contributed by atoms with Gasteiger partial charge in [0.25, 0.3) is 23.2 Å². The SMILES string of the molecule is C.C.CC(C)COC(=O)Cl.CCOC(=O)CN(C)C(=O)CN(C)C.CCOC(=O)CNC.CN(C)CC(=O)N(C)CC(=O)O.CN(C)CC(=O)N(C)CC(=O)n1ccc2ccc(N)cc21.CN(C)CC(=O)N(C)CC(=O)n1ccc2ccc([N+](=O)[O-])cc21.CN(C)CC(=O)O.O.O=[N+]([O-])c1ccc2cc[nH]c2c1.[Cl][Sn][Cl].[Li+].[OH-]. The molecule has 3 aromatic carbocycles. The van der Waals surface area contributed by atoms with Gasteiger partial charge in [-0.3, -0.25) is 82.2 Å². The number of ether oxygens (including phenoxy) is 3. The number of carboxylic acids is 2. The van der Waals surface area contributed by atoms with Crippen molar-refractivity contribution in [1.82, 2.24) is 63.5 Å². The molecule has 0 aliphatic carbocycles. The minimum atomic E-state index is -0.996. The number of likely N-dealkylation sites (N-methyl/N-ethyl adjacent to an activating group) is 10. The zero-order chi connectivity index (χ0) is 83.7. The zero-order valence-electron chi connectivity index (χ0n) is 66.6. The molecule has 0 unspecified atom stereocenters. The van der Waals surface area contributed by atoms with Gasteiger partial charge in [0.15, 0.2) is 0 Å². The van der Waals surface area contributed by atoms with Crippen molar-refractivity contribution in [3.8, 4) is 0 Å². The summed E-state index contributed by atoms with van der Waals surface area (Å²) in [5.74, 6) is -3.04. The number of hydrogen-bond donors (Lipinski definition) is 5. The van der Waals surface area contributed by atoms with Crippen molar-refractivity contribution in [2.75, 3.05) is 197 Å². The van der Waals surface area contributed by atoms with Gasteiger partial charge < -0.3 is 90.6 Å². The molecular formula is C70H116Cl3LiN16O22Sn. The summed E-state index contributed by atoms with van der Waals surface area (Å²) in [7, 11) is 35.5. The molecule has 4 amide bonds. The van der Waals surface area contributed by atoms with E-state index in [9.17, 15) is 73.0 Å². The number of amides is 4. The fourth-order valence-corrected chi connectivity index (χ4v) is 7.96. The number of nitrogens with two attached hydrogens (primary N) is 1.